The molecule has 1 fully saturated rings. The largest absolute Gasteiger partial charge is 0.444 e. The van der Waals surface area contributed by atoms with Gasteiger partial charge in [-0.15, -0.1) is 0 Å². The van der Waals surface area contributed by atoms with Crippen molar-refractivity contribution in [2.45, 2.75) is 123 Å². The minimum Gasteiger partial charge on any atom is -0.444 e. The lowest BCUT2D eigenvalue weighted by Crippen LogP contribution is -2.51. The highest BCUT2D eigenvalue weighted by atomic mass is 16.6. The van der Waals surface area contributed by atoms with Crippen molar-refractivity contribution >= 4 is 11.9 Å². The molecule has 1 saturated heterocycles. The fourth-order valence-corrected chi connectivity index (χ4v) is 3.68. The number of ketones is 1. The van der Waals surface area contributed by atoms with Crippen LogP contribution in [0.5, 0.6) is 0 Å². The number of hydrogen-bond acceptors (Lipinski definition) is 4. The first-order chi connectivity index (χ1) is 14.6. The van der Waals surface area contributed by atoms with Crippen LogP contribution in [0.3, 0.4) is 0 Å². The van der Waals surface area contributed by atoms with Gasteiger partial charge >= 0.3 is 6.09 Å². The standard InChI is InChI=1S/C26H45NO4/c1-7-8-9-10-11-12-13-14-15-16-17-18-19-20-23(28)22-21-30-26(5,6)27(22)24(29)31-25(2,3)4/h17-20,22H,7-16,21H2,1-6H3/b18-17+,20-19-/t22-/m0/s1. The van der Waals surface area contributed by atoms with E-state index in [0.717, 1.165) is 6.42 Å². The zero-order valence-corrected chi connectivity index (χ0v) is 20.7. The van der Waals surface area contributed by atoms with E-state index in [1.54, 1.807) is 19.9 Å². The lowest BCUT2D eigenvalue weighted by Gasteiger charge is -2.34. The number of allylic oxidation sites excluding steroid dienone is 3. The van der Waals surface area contributed by atoms with Gasteiger partial charge in [-0.05, 0) is 53.5 Å². The Morgan fingerprint density at radius 2 is 1.58 bits per heavy atom. The number of carbonyl (C=O) groups is 2. The van der Waals surface area contributed by atoms with E-state index < -0.39 is 23.5 Å². The number of amides is 1. The Labute approximate surface area is 190 Å². The van der Waals surface area contributed by atoms with Gasteiger partial charge in [0.25, 0.3) is 0 Å². The maximum atomic E-state index is 12.7. The zero-order chi connectivity index (χ0) is 23.3. The smallest absolute Gasteiger partial charge is 0.413 e. The lowest BCUT2D eigenvalue weighted by molar-refractivity contribution is -0.120. The number of hydrogen-bond donors (Lipinski definition) is 0. The molecule has 0 aliphatic carbocycles. The van der Waals surface area contributed by atoms with Crippen molar-refractivity contribution in [3.05, 3.63) is 24.3 Å². The van der Waals surface area contributed by atoms with E-state index in [-0.39, 0.29) is 12.4 Å². The van der Waals surface area contributed by atoms with Crippen LogP contribution in [0.25, 0.3) is 0 Å². The molecule has 0 bridgehead atoms. The maximum Gasteiger partial charge on any atom is 0.413 e. The second-order valence-electron chi connectivity index (χ2n) is 9.93. The number of ether oxygens (including phenoxy) is 2. The monoisotopic (exact) mass is 435 g/mol. The second kappa shape index (κ2) is 13.7. The molecule has 5 heteroatoms. The first kappa shape index (κ1) is 27.4. The molecule has 0 spiro atoms. The third kappa shape index (κ3) is 11.0. The van der Waals surface area contributed by atoms with Gasteiger partial charge in [0.2, 0.25) is 0 Å². The maximum absolute atomic E-state index is 12.7. The highest BCUT2D eigenvalue weighted by molar-refractivity contribution is 5.97. The fraction of sp³-hybridized carbons (Fsp3) is 0.769. The van der Waals surface area contributed by atoms with Crippen LogP contribution >= 0.6 is 0 Å². The van der Waals surface area contributed by atoms with Crippen molar-refractivity contribution in [1.82, 2.24) is 4.90 Å². The van der Waals surface area contributed by atoms with Crippen molar-refractivity contribution < 1.29 is 19.1 Å². The third-order valence-corrected chi connectivity index (χ3v) is 5.39. The molecular formula is C26H45NO4. The second-order valence-corrected chi connectivity index (χ2v) is 9.93. The van der Waals surface area contributed by atoms with Crippen LogP contribution in [0.4, 0.5) is 4.79 Å². The van der Waals surface area contributed by atoms with Crippen molar-refractivity contribution in [2.24, 2.45) is 0 Å². The Balaban J connectivity index is 2.35. The molecule has 0 N–H and O–H groups in total. The normalized spacial score (nSPS) is 18.9. The number of rotatable bonds is 13. The van der Waals surface area contributed by atoms with Crippen molar-refractivity contribution in [2.75, 3.05) is 6.61 Å². The molecule has 1 atom stereocenters. The molecule has 1 amide bonds. The van der Waals surface area contributed by atoms with Crippen LogP contribution in [0, 0.1) is 0 Å². The van der Waals surface area contributed by atoms with E-state index in [2.05, 4.69) is 13.0 Å². The molecule has 1 heterocycles. The average Bonchev–Trinajstić information content (AvgIpc) is 2.99. The molecule has 1 aliphatic heterocycles. The predicted molar refractivity (Wildman–Crippen MR) is 127 cm³/mol. The zero-order valence-electron chi connectivity index (χ0n) is 20.7. The van der Waals surface area contributed by atoms with E-state index >= 15 is 0 Å². The molecule has 0 radical (unpaired) electrons. The summed E-state index contributed by atoms with van der Waals surface area (Å²) in [5.41, 5.74) is -1.50. The van der Waals surface area contributed by atoms with Gasteiger partial charge in [0, 0.05) is 0 Å². The van der Waals surface area contributed by atoms with Gasteiger partial charge in [-0.25, -0.2) is 4.79 Å². The Morgan fingerprint density at radius 1 is 1.00 bits per heavy atom. The van der Waals surface area contributed by atoms with Crippen molar-refractivity contribution in [1.29, 1.82) is 0 Å². The summed E-state index contributed by atoms with van der Waals surface area (Å²) in [4.78, 5) is 26.7. The molecule has 178 valence electrons. The molecule has 1 rings (SSSR count). The average molecular weight is 436 g/mol. The summed E-state index contributed by atoms with van der Waals surface area (Å²) in [7, 11) is 0. The molecule has 0 aromatic heterocycles. The van der Waals surface area contributed by atoms with E-state index in [4.69, 9.17) is 9.47 Å². The summed E-state index contributed by atoms with van der Waals surface area (Å²) >= 11 is 0. The first-order valence-electron chi connectivity index (χ1n) is 12.1. The van der Waals surface area contributed by atoms with Crippen molar-refractivity contribution in [3.63, 3.8) is 0 Å². The van der Waals surface area contributed by atoms with Gasteiger partial charge in [-0.2, -0.15) is 0 Å². The fourth-order valence-electron chi connectivity index (χ4n) is 3.68. The summed E-state index contributed by atoms with van der Waals surface area (Å²) in [5, 5.41) is 0. The van der Waals surface area contributed by atoms with Crippen molar-refractivity contribution in [3.8, 4) is 0 Å². The van der Waals surface area contributed by atoms with Gasteiger partial charge in [0.05, 0.1) is 6.61 Å². The van der Waals surface area contributed by atoms with Gasteiger partial charge in [-0.1, -0.05) is 76.5 Å². The Kier molecular flexibility index (Phi) is 12.1. The first-order valence-corrected chi connectivity index (χ1v) is 12.1. The Hall–Kier alpha value is -1.62. The Bertz CT molecular complexity index is 601. The minimum absolute atomic E-state index is 0.149. The number of unbranched alkanes of at least 4 members (excludes halogenated alkanes) is 9. The van der Waals surface area contributed by atoms with Gasteiger partial charge in [-0.3, -0.25) is 9.69 Å². The van der Waals surface area contributed by atoms with Crippen LogP contribution in [-0.4, -0.2) is 40.8 Å². The Morgan fingerprint density at radius 3 is 2.16 bits per heavy atom. The highest BCUT2D eigenvalue weighted by Gasteiger charge is 2.48. The molecule has 0 unspecified atom stereocenters. The molecular weight excluding hydrogens is 390 g/mol. The quantitative estimate of drug-likeness (QED) is 0.178. The van der Waals surface area contributed by atoms with Crippen LogP contribution in [0.15, 0.2) is 24.3 Å². The highest BCUT2D eigenvalue weighted by Crippen LogP contribution is 2.30. The van der Waals surface area contributed by atoms with E-state index in [1.807, 2.05) is 26.8 Å². The molecule has 0 aromatic rings. The van der Waals surface area contributed by atoms with Gasteiger partial charge in [0.1, 0.15) is 17.4 Å². The topological polar surface area (TPSA) is 55.8 Å². The van der Waals surface area contributed by atoms with E-state index in [1.165, 1.54) is 68.8 Å². The predicted octanol–water partition coefficient (Wildman–Crippen LogP) is 6.96. The lowest BCUT2D eigenvalue weighted by atomic mass is 10.1. The number of carbonyl (C=O) groups excluding carboxylic acids is 2. The van der Waals surface area contributed by atoms with Crippen LogP contribution in [-0.2, 0) is 14.3 Å². The summed E-state index contributed by atoms with van der Waals surface area (Å²) in [6.07, 6.45) is 19.7. The van der Waals surface area contributed by atoms with E-state index in [9.17, 15) is 9.59 Å². The van der Waals surface area contributed by atoms with Gasteiger partial charge < -0.3 is 9.47 Å². The minimum atomic E-state index is -0.873. The molecule has 0 aromatic carbocycles. The summed E-state index contributed by atoms with van der Waals surface area (Å²) in [6, 6.07) is -0.660. The van der Waals surface area contributed by atoms with Crippen LogP contribution in [0.2, 0.25) is 0 Å². The summed E-state index contributed by atoms with van der Waals surface area (Å²) in [6.45, 7) is 11.4. The number of nitrogens with zero attached hydrogens (tertiary/aromatic N) is 1. The molecule has 31 heavy (non-hydrogen) atoms. The molecule has 1 aliphatic rings. The molecule has 0 saturated carbocycles. The third-order valence-electron chi connectivity index (χ3n) is 5.39. The molecule has 5 nitrogen and oxygen atoms in total. The van der Waals surface area contributed by atoms with Crippen LogP contribution < -0.4 is 0 Å². The van der Waals surface area contributed by atoms with E-state index in [0.29, 0.717) is 0 Å². The van der Waals surface area contributed by atoms with Gasteiger partial charge in [0.15, 0.2) is 5.78 Å². The summed E-state index contributed by atoms with van der Waals surface area (Å²) in [5.74, 6) is -0.149. The summed E-state index contributed by atoms with van der Waals surface area (Å²) < 4.78 is 11.2. The van der Waals surface area contributed by atoms with Crippen LogP contribution in [0.1, 0.15) is 106 Å². The SMILES string of the molecule is CCCCCCCCCCC/C=C/C=C\C(=O)[C@@H]1COC(C)(C)N1C(=O)OC(C)(C)C.